The van der Waals surface area contributed by atoms with E-state index in [0.717, 1.165) is 71.7 Å². The molecule has 0 saturated carbocycles. The largest absolute Gasteiger partial charge is 0.501 e. The number of rotatable bonds is 6. The van der Waals surface area contributed by atoms with E-state index >= 15 is 0 Å². The first kappa shape index (κ1) is 39.6. The zero-order valence-corrected chi connectivity index (χ0v) is 42.4. The van der Waals surface area contributed by atoms with Gasteiger partial charge in [0.2, 0.25) is 0 Å². The van der Waals surface area contributed by atoms with Crippen LogP contribution in [0.4, 0.5) is 0 Å². The van der Waals surface area contributed by atoms with Crippen molar-refractivity contribution >= 4 is 65.7 Å². The fourth-order valence-electron chi connectivity index (χ4n) is 9.61. The van der Waals surface area contributed by atoms with E-state index in [1.807, 2.05) is 45.0 Å². The van der Waals surface area contributed by atoms with Gasteiger partial charge in [-0.25, -0.2) is 0 Å². The quantitative estimate of drug-likeness (QED) is 0.155. The van der Waals surface area contributed by atoms with E-state index in [1.165, 1.54) is 51.7 Å². The molecule has 12 aromatic rings. The molecule has 0 bridgehead atoms. The zero-order chi connectivity index (χ0) is 52.7. The molecule has 7 heteroatoms. The first-order valence-electron chi connectivity index (χ1n) is 26.5. The van der Waals surface area contributed by atoms with Gasteiger partial charge < -0.3 is 13.4 Å². The summed E-state index contributed by atoms with van der Waals surface area (Å²) in [5, 5.41) is 6.49. The average molecular weight is 1100 g/mol. The average Bonchev–Trinajstić information content (AvgIpc) is 4.09. The summed E-state index contributed by atoms with van der Waals surface area (Å²) in [7, 11) is 0. The Morgan fingerprint density at radius 3 is 2.03 bits per heavy atom. The summed E-state index contributed by atoms with van der Waals surface area (Å²) in [5.41, 5.74) is 13.1. The second-order valence-electron chi connectivity index (χ2n) is 19.4. The van der Waals surface area contributed by atoms with Crippen LogP contribution < -0.4 is 0 Å². The summed E-state index contributed by atoms with van der Waals surface area (Å²) in [6, 6.07) is 55.8. The fraction of sp³-hybridized carbons (Fsp3) is 0.190. The third-order valence-electron chi connectivity index (χ3n) is 13.0. The van der Waals surface area contributed by atoms with Crippen molar-refractivity contribution in [1.82, 2.24) is 19.5 Å². The van der Waals surface area contributed by atoms with Gasteiger partial charge in [-0.3, -0.25) is 15.0 Å². The standard InChI is InChI=1S/C47H35N2O2.C16H19N2.Ir/c1-27(2)36-23-31(29-13-6-5-7-14-29)24-37(28(3)4)44(36)49-45-32-16-9-8-15-30(32)21-22-40(45)48-47(49)35-19-12-18-34-39-26-42-38(25-43(39)51-46(34)35)33-17-10-11-20-41(33)50-42;1-11-6-8-13(9-7-11)15-17-10-12(2)14(18-15)16(3,4)5;/h5-18,20-28H,1-4H3;6-8,10H,1-5H3;/q2*-1;/i;1D3,2D3;. The third-order valence-corrected chi connectivity index (χ3v) is 13.0. The van der Waals surface area contributed by atoms with Gasteiger partial charge in [-0.15, -0.1) is 53.6 Å². The summed E-state index contributed by atoms with van der Waals surface area (Å²) < 4.78 is 60.6. The van der Waals surface area contributed by atoms with Gasteiger partial charge in [0, 0.05) is 72.9 Å². The Morgan fingerprint density at radius 1 is 0.629 bits per heavy atom. The number of furan rings is 2. The molecule has 0 saturated heterocycles. The Balaban J connectivity index is 0.000000223. The normalized spacial score (nSPS) is 13.6. The van der Waals surface area contributed by atoms with Crippen molar-refractivity contribution in [3.63, 3.8) is 0 Å². The molecule has 12 rings (SSSR count). The van der Waals surface area contributed by atoms with Crippen molar-refractivity contribution in [3.05, 3.63) is 192 Å². The number of imidazole rings is 1. The molecule has 0 fully saturated rings. The van der Waals surface area contributed by atoms with Gasteiger partial charge in [-0.1, -0.05) is 145 Å². The van der Waals surface area contributed by atoms with Crippen LogP contribution in [0.15, 0.2) is 161 Å². The van der Waals surface area contributed by atoms with Crippen LogP contribution in [0.5, 0.6) is 0 Å². The van der Waals surface area contributed by atoms with Crippen molar-refractivity contribution in [2.75, 3.05) is 0 Å². The summed E-state index contributed by atoms with van der Waals surface area (Å²) in [5.74, 6) is 1.64. The van der Waals surface area contributed by atoms with E-state index in [0.29, 0.717) is 17.1 Å². The minimum Gasteiger partial charge on any atom is -0.501 e. The molecule has 0 N–H and O–H groups in total. The molecule has 1 radical (unpaired) electrons. The predicted octanol–water partition coefficient (Wildman–Crippen LogP) is 17.2. The zero-order valence-electron chi connectivity index (χ0n) is 46.0. The van der Waals surface area contributed by atoms with Crippen molar-refractivity contribution in [2.45, 2.75) is 79.4 Å². The van der Waals surface area contributed by atoms with Gasteiger partial charge in [0.15, 0.2) is 0 Å². The maximum absolute atomic E-state index is 7.65. The molecule has 0 aliphatic rings. The van der Waals surface area contributed by atoms with Crippen LogP contribution in [0.3, 0.4) is 0 Å². The van der Waals surface area contributed by atoms with Crippen LogP contribution in [0.1, 0.15) is 96.5 Å². The summed E-state index contributed by atoms with van der Waals surface area (Å²) in [6.45, 7) is 10.3. The van der Waals surface area contributed by atoms with Crippen LogP contribution >= 0.6 is 0 Å². The Hall–Kier alpha value is -7.18. The predicted molar refractivity (Wildman–Crippen MR) is 285 cm³/mol. The second kappa shape index (κ2) is 18.3. The van der Waals surface area contributed by atoms with Gasteiger partial charge in [0.1, 0.15) is 16.7 Å². The molecule has 0 aliphatic carbocycles. The molecule has 0 unspecified atom stereocenters. The Morgan fingerprint density at radius 2 is 1.33 bits per heavy atom. The summed E-state index contributed by atoms with van der Waals surface area (Å²) in [6.07, 6.45) is 1.32. The van der Waals surface area contributed by atoms with Crippen LogP contribution in [-0.4, -0.2) is 19.5 Å². The molecule has 70 heavy (non-hydrogen) atoms. The Kier molecular flexibility index (Phi) is 10.4. The molecule has 349 valence electrons. The second-order valence-corrected chi connectivity index (χ2v) is 19.4. The fourth-order valence-corrected chi connectivity index (χ4v) is 9.61. The van der Waals surface area contributed by atoms with Crippen molar-refractivity contribution < 1.29 is 37.2 Å². The van der Waals surface area contributed by atoms with Gasteiger partial charge in [-0.2, -0.15) is 0 Å². The molecule has 0 amide bonds. The summed E-state index contributed by atoms with van der Waals surface area (Å²) >= 11 is 0. The maximum atomic E-state index is 7.65. The van der Waals surface area contributed by atoms with Crippen molar-refractivity contribution in [1.29, 1.82) is 0 Å². The number of aromatic nitrogens is 4. The SMILES string of the molecule is CC(C)c1cc(-c2ccccc2)cc(C(C)C)c1-n1c(-c2[c-]ccc3c2oc2cc4c(cc23)oc2ccccc24)nc2ccc3ccccc3c21.[2H]C([2H])([2H])c1c[c-]c(-c2ncc(C([2H])([2H])[2H])c(C(C)(C)C)n2)cc1.[Ir]. The molecule has 6 nitrogen and oxygen atoms in total. The smallest absolute Gasteiger partial charge is 0.136 e. The number of aryl methyl sites for hydroxylation is 2. The van der Waals surface area contributed by atoms with E-state index < -0.39 is 19.1 Å². The number of hydrogen-bond donors (Lipinski definition) is 0. The number of fused-ring (bicyclic) bond motifs is 9. The van der Waals surface area contributed by atoms with E-state index in [2.05, 4.69) is 157 Å². The van der Waals surface area contributed by atoms with Crippen LogP contribution in [-0.2, 0) is 25.5 Å². The Bertz CT molecular complexity index is 4120. The third kappa shape index (κ3) is 8.21. The van der Waals surface area contributed by atoms with E-state index in [9.17, 15) is 0 Å². The molecular weight excluding hydrogens is 1040 g/mol. The number of nitrogens with zero attached hydrogens (tertiary/aromatic N) is 4. The van der Waals surface area contributed by atoms with Gasteiger partial charge >= 0.3 is 0 Å². The van der Waals surface area contributed by atoms with Gasteiger partial charge in [0.25, 0.3) is 0 Å². The molecule has 0 atom stereocenters. The molecule has 4 aromatic heterocycles. The number of benzene rings is 8. The topological polar surface area (TPSA) is 69.9 Å². The molecule has 0 aliphatic heterocycles. The van der Waals surface area contributed by atoms with Crippen molar-refractivity contribution in [3.8, 4) is 39.6 Å². The minimum atomic E-state index is -2.30. The monoisotopic (exact) mass is 1100 g/mol. The van der Waals surface area contributed by atoms with Crippen LogP contribution in [0.2, 0.25) is 0 Å². The molecule has 8 aromatic carbocycles. The van der Waals surface area contributed by atoms with Crippen molar-refractivity contribution in [2.24, 2.45) is 0 Å². The number of hydrogen-bond acceptors (Lipinski definition) is 5. The van der Waals surface area contributed by atoms with Crippen LogP contribution in [0.25, 0.3) is 105 Å². The molecular formula is C63H54IrN4O2-2. The van der Waals surface area contributed by atoms with E-state index in [-0.39, 0.29) is 43.1 Å². The van der Waals surface area contributed by atoms with Gasteiger partial charge in [-0.05, 0) is 88.3 Å². The molecule has 4 heterocycles. The first-order chi connectivity index (χ1) is 35.7. The summed E-state index contributed by atoms with van der Waals surface area (Å²) in [4.78, 5) is 14.0. The van der Waals surface area contributed by atoms with E-state index in [1.54, 1.807) is 6.07 Å². The van der Waals surface area contributed by atoms with Gasteiger partial charge in [0.05, 0.1) is 28.3 Å². The van der Waals surface area contributed by atoms with E-state index in [4.69, 9.17) is 22.0 Å². The maximum Gasteiger partial charge on any atom is 0.136 e. The Labute approximate surface area is 431 Å². The minimum absolute atomic E-state index is 0. The van der Waals surface area contributed by atoms with Crippen LogP contribution in [0, 0.1) is 25.8 Å². The first-order valence-corrected chi connectivity index (χ1v) is 23.5. The molecule has 0 spiro atoms. The number of para-hydroxylation sites is 1.